The van der Waals surface area contributed by atoms with Crippen LogP contribution in [0.3, 0.4) is 0 Å². The minimum atomic E-state index is -1.14. The highest BCUT2D eigenvalue weighted by Crippen LogP contribution is 2.44. The molecule has 3 amide bonds. The van der Waals surface area contributed by atoms with Crippen LogP contribution in [0.4, 0.5) is 4.79 Å². The topological polar surface area (TPSA) is 107 Å². The predicted octanol–water partition coefficient (Wildman–Crippen LogP) is 5.38. The second kappa shape index (κ2) is 13.8. The lowest BCUT2D eigenvalue weighted by atomic mass is 9.82. The van der Waals surface area contributed by atoms with E-state index in [0.717, 1.165) is 67.2 Å². The second-order valence-corrected chi connectivity index (χ2v) is 12.9. The Balaban J connectivity index is 1.38. The molecule has 0 unspecified atom stereocenters. The number of nitrogens with zero attached hydrogens (tertiary/aromatic N) is 3. The van der Waals surface area contributed by atoms with Gasteiger partial charge in [0.25, 0.3) is 0 Å². The van der Waals surface area contributed by atoms with Crippen LogP contribution >= 0.6 is 0 Å². The molecule has 0 bridgehead atoms. The monoisotopic (exact) mass is 603 g/mol. The Morgan fingerprint density at radius 3 is 1.95 bits per heavy atom. The summed E-state index contributed by atoms with van der Waals surface area (Å²) in [6.07, 6.45) is 6.35. The Morgan fingerprint density at radius 2 is 1.43 bits per heavy atom. The summed E-state index contributed by atoms with van der Waals surface area (Å²) in [5.74, 6) is -1.70. The molecule has 44 heavy (non-hydrogen) atoms. The Kier molecular flexibility index (Phi) is 9.91. The fourth-order valence-electron chi connectivity index (χ4n) is 7.25. The van der Waals surface area contributed by atoms with Gasteiger partial charge in [0.2, 0.25) is 11.8 Å². The lowest BCUT2D eigenvalue weighted by Gasteiger charge is -2.40. The molecule has 9 heteroatoms. The van der Waals surface area contributed by atoms with Gasteiger partial charge in [-0.15, -0.1) is 0 Å². The first-order valence-corrected chi connectivity index (χ1v) is 16.0. The van der Waals surface area contributed by atoms with Crippen molar-refractivity contribution in [3.8, 4) is 11.1 Å². The molecule has 2 saturated carbocycles. The van der Waals surface area contributed by atoms with E-state index >= 15 is 0 Å². The van der Waals surface area contributed by atoms with Crippen molar-refractivity contribution >= 4 is 23.9 Å². The normalized spacial score (nSPS) is 17.6. The van der Waals surface area contributed by atoms with Gasteiger partial charge in [0.05, 0.1) is 6.42 Å². The standard InChI is InChI=1S/C35H45N3O6/c1-36(2)33(41)30(21-31(39)40)38(20-19-23-11-10-12-23)34(42)32(24-13-4-5-14-24)37(3)35(43)44-22-29-27-17-8-6-15-25(27)26-16-7-9-18-28(26)29/h6-9,15-18,23-24,29-30,32H,4-5,10-14,19-22H2,1-3H3,(H,39,40)/t30-,32-/m0/s1. The van der Waals surface area contributed by atoms with Crippen LogP contribution in [0.15, 0.2) is 48.5 Å². The molecule has 2 fully saturated rings. The highest BCUT2D eigenvalue weighted by Gasteiger charge is 2.43. The first-order valence-electron chi connectivity index (χ1n) is 16.0. The number of hydrogen-bond acceptors (Lipinski definition) is 5. The average molecular weight is 604 g/mol. The Morgan fingerprint density at radius 1 is 0.841 bits per heavy atom. The average Bonchev–Trinajstić information content (AvgIpc) is 3.62. The highest BCUT2D eigenvalue weighted by atomic mass is 16.6. The van der Waals surface area contributed by atoms with E-state index in [-0.39, 0.29) is 30.9 Å². The number of hydrogen-bond donors (Lipinski definition) is 1. The van der Waals surface area contributed by atoms with Crippen molar-refractivity contribution in [2.45, 2.75) is 75.8 Å². The van der Waals surface area contributed by atoms with Crippen molar-refractivity contribution in [2.24, 2.45) is 11.8 Å². The molecule has 0 saturated heterocycles. The van der Waals surface area contributed by atoms with E-state index in [2.05, 4.69) is 24.3 Å². The number of likely N-dealkylation sites (N-methyl/N-ethyl adjacent to an activating group) is 2. The van der Waals surface area contributed by atoms with Gasteiger partial charge in [0, 0.05) is 33.6 Å². The third kappa shape index (κ3) is 6.61. The van der Waals surface area contributed by atoms with Crippen LogP contribution in [-0.4, -0.2) is 90.1 Å². The van der Waals surface area contributed by atoms with Crippen LogP contribution in [0.1, 0.15) is 74.8 Å². The number of rotatable bonds is 12. The highest BCUT2D eigenvalue weighted by molar-refractivity contribution is 5.93. The van der Waals surface area contributed by atoms with Gasteiger partial charge in [0.1, 0.15) is 18.7 Å². The molecule has 236 valence electrons. The van der Waals surface area contributed by atoms with Gasteiger partial charge in [-0.25, -0.2) is 4.79 Å². The summed E-state index contributed by atoms with van der Waals surface area (Å²) in [5, 5.41) is 9.75. The molecular formula is C35H45N3O6. The molecule has 0 heterocycles. The fraction of sp³-hybridized carbons (Fsp3) is 0.543. The van der Waals surface area contributed by atoms with Gasteiger partial charge in [-0.3, -0.25) is 19.3 Å². The Bertz CT molecular complexity index is 1320. The molecule has 0 aliphatic heterocycles. The Labute approximate surface area is 260 Å². The third-order valence-corrected chi connectivity index (χ3v) is 9.90. The van der Waals surface area contributed by atoms with Crippen LogP contribution < -0.4 is 0 Å². The van der Waals surface area contributed by atoms with Crippen molar-refractivity contribution < 1.29 is 29.0 Å². The SMILES string of the molecule is CN(C)C(=O)[C@H](CC(=O)O)N(CCC1CCC1)C(=O)[C@H](C1CCCC1)N(C)C(=O)OCC1c2ccccc2-c2ccccc21. The third-order valence-electron chi connectivity index (χ3n) is 9.90. The molecular weight excluding hydrogens is 558 g/mol. The van der Waals surface area contributed by atoms with Crippen molar-refractivity contribution in [2.75, 3.05) is 34.3 Å². The summed E-state index contributed by atoms with van der Waals surface area (Å²) >= 11 is 0. The molecule has 2 atom stereocenters. The second-order valence-electron chi connectivity index (χ2n) is 12.9. The number of carbonyl (C=O) groups is 4. The summed E-state index contributed by atoms with van der Waals surface area (Å²) in [4.78, 5) is 57.7. The summed E-state index contributed by atoms with van der Waals surface area (Å²) in [6.45, 7) is 0.414. The zero-order valence-electron chi connectivity index (χ0n) is 26.1. The lowest BCUT2D eigenvalue weighted by molar-refractivity contribution is -0.152. The zero-order chi connectivity index (χ0) is 31.4. The van der Waals surface area contributed by atoms with E-state index in [4.69, 9.17) is 4.74 Å². The smallest absolute Gasteiger partial charge is 0.410 e. The maximum atomic E-state index is 14.5. The van der Waals surface area contributed by atoms with Gasteiger partial charge < -0.3 is 19.6 Å². The number of carboxylic acids is 1. The molecule has 0 aromatic heterocycles. The summed E-state index contributed by atoms with van der Waals surface area (Å²) in [7, 11) is 4.75. The van der Waals surface area contributed by atoms with Crippen LogP contribution in [0.2, 0.25) is 0 Å². The van der Waals surface area contributed by atoms with Gasteiger partial charge in [0.15, 0.2) is 0 Å². The molecule has 1 N–H and O–H groups in total. The minimum Gasteiger partial charge on any atom is -0.481 e. The maximum absolute atomic E-state index is 14.5. The van der Waals surface area contributed by atoms with Gasteiger partial charge in [-0.2, -0.15) is 0 Å². The van der Waals surface area contributed by atoms with E-state index in [1.165, 1.54) is 14.7 Å². The summed E-state index contributed by atoms with van der Waals surface area (Å²) in [6, 6.07) is 14.3. The van der Waals surface area contributed by atoms with E-state index in [9.17, 15) is 24.3 Å². The number of ether oxygens (including phenoxy) is 1. The van der Waals surface area contributed by atoms with E-state index < -0.39 is 36.5 Å². The molecule has 2 aromatic rings. The first-order chi connectivity index (χ1) is 21.2. The quantitative estimate of drug-likeness (QED) is 0.349. The molecule has 3 aliphatic carbocycles. The summed E-state index contributed by atoms with van der Waals surface area (Å²) < 4.78 is 5.95. The number of carbonyl (C=O) groups excluding carboxylic acids is 3. The maximum Gasteiger partial charge on any atom is 0.410 e. The van der Waals surface area contributed by atoms with Gasteiger partial charge >= 0.3 is 12.1 Å². The van der Waals surface area contributed by atoms with Crippen LogP contribution in [0.25, 0.3) is 11.1 Å². The zero-order valence-corrected chi connectivity index (χ0v) is 26.1. The predicted molar refractivity (Wildman–Crippen MR) is 167 cm³/mol. The largest absolute Gasteiger partial charge is 0.481 e. The molecule has 9 nitrogen and oxygen atoms in total. The number of carboxylic acid groups (broad SMARTS) is 1. The minimum absolute atomic E-state index is 0.0980. The fourth-order valence-corrected chi connectivity index (χ4v) is 7.25. The molecule has 5 rings (SSSR count). The number of benzene rings is 2. The van der Waals surface area contributed by atoms with Gasteiger partial charge in [-0.1, -0.05) is 80.6 Å². The van der Waals surface area contributed by atoms with Crippen molar-refractivity contribution in [3.63, 3.8) is 0 Å². The lowest BCUT2D eigenvalue weighted by Crippen LogP contribution is -2.58. The van der Waals surface area contributed by atoms with Crippen LogP contribution in [0, 0.1) is 11.8 Å². The van der Waals surface area contributed by atoms with Crippen molar-refractivity contribution in [3.05, 3.63) is 59.7 Å². The number of fused-ring (bicyclic) bond motifs is 3. The summed E-state index contributed by atoms with van der Waals surface area (Å²) in [5.41, 5.74) is 4.48. The Hall–Kier alpha value is -3.88. The van der Waals surface area contributed by atoms with Crippen molar-refractivity contribution in [1.29, 1.82) is 0 Å². The van der Waals surface area contributed by atoms with Crippen molar-refractivity contribution in [1.82, 2.24) is 14.7 Å². The van der Waals surface area contributed by atoms with E-state index in [1.54, 1.807) is 21.1 Å². The molecule has 3 aliphatic rings. The number of amides is 3. The molecule has 0 radical (unpaired) electrons. The van der Waals surface area contributed by atoms with E-state index in [0.29, 0.717) is 12.3 Å². The molecule has 0 spiro atoms. The van der Waals surface area contributed by atoms with Crippen LogP contribution in [0.5, 0.6) is 0 Å². The molecule has 2 aromatic carbocycles. The van der Waals surface area contributed by atoms with Crippen LogP contribution in [-0.2, 0) is 19.1 Å². The first kappa shape index (κ1) is 31.5. The van der Waals surface area contributed by atoms with Gasteiger partial charge in [-0.05, 0) is 53.4 Å². The number of aliphatic carboxylic acids is 1. The van der Waals surface area contributed by atoms with E-state index in [1.807, 2.05) is 24.3 Å².